The molecule has 0 aliphatic rings. The fourth-order valence-corrected chi connectivity index (χ4v) is 4.88. The van der Waals surface area contributed by atoms with Crippen LogP contribution in [0.25, 0.3) is 0 Å². The lowest BCUT2D eigenvalue weighted by Crippen LogP contribution is -2.30. The molecule has 1 unspecified atom stereocenters. The average molecular weight is 565 g/mol. The zero-order valence-electron chi connectivity index (χ0n) is 19.5. The second-order valence-electron chi connectivity index (χ2n) is 8.08. The summed E-state index contributed by atoms with van der Waals surface area (Å²) in [5.74, 6) is -1.31. The van der Waals surface area contributed by atoms with Gasteiger partial charge in [0, 0.05) is 13.0 Å². The first-order valence-electron chi connectivity index (χ1n) is 11.1. The number of amides is 1. The molecule has 4 rings (SSSR count). The van der Waals surface area contributed by atoms with Crippen molar-refractivity contribution in [3.63, 3.8) is 0 Å². The zero-order chi connectivity index (χ0) is 27.3. The number of rotatable bonds is 9. The van der Waals surface area contributed by atoms with Crippen molar-refractivity contribution in [2.75, 3.05) is 10.8 Å². The molecule has 2 N–H and O–H groups in total. The summed E-state index contributed by atoms with van der Waals surface area (Å²) in [5.41, 5.74) is -0.0492. The van der Waals surface area contributed by atoms with Crippen molar-refractivity contribution in [2.45, 2.75) is 19.0 Å². The van der Waals surface area contributed by atoms with Gasteiger partial charge < -0.3 is 5.32 Å². The van der Waals surface area contributed by atoms with E-state index in [-0.39, 0.29) is 30.0 Å². The van der Waals surface area contributed by atoms with Crippen LogP contribution in [0.3, 0.4) is 0 Å². The highest BCUT2D eigenvalue weighted by Gasteiger charge is 2.34. The van der Waals surface area contributed by atoms with Gasteiger partial charge in [0.1, 0.15) is 11.5 Å². The van der Waals surface area contributed by atoms with Gasteiger partial charge in [0.05, 0.1) is 28.5 Å². The van der Waals surface area contributed by atoms with E-state index >= 15 is 0 Å². The number of hydrogen-bond donors (Lipinski definition) is 2. The van der Waals surface area contributed by atoms with E-state index in [0.29, 0.717) is 16.8 Å². The van der Waals surface area contributed by atoms with E-state index in [4.69, 9.17) is 0 Å². The number of carbonyl (C=O) groups excluding carboxylic acids is 1. The van der Waals surface area contributed by atoms with Crippen LogP contribution < -0.4 is 9.62 Å². The van der Waals surface area contributed by atoms with Gasteiger partial charge in [-0.25, -0.2) is 12.9 Å². The number of carbonyl (C=O) groups is 1. The fourth-order valence-electron chi connectivity index (χ4n) is 3.66. The zero-order valence-corrected chi connectivity index (χ0v) is 21.1. The number of alkyl halides is 3. The maximum atomic E-state index is 13.6. The minimum absolute atomic E-state index is 0.0880. The summed E-state index contributed by atoms with van der Waals surface area (Å²) in [6.45, 7) is 0.0880. The van der Waals surface area contributed by atoms with Crippen molar-refractivity contribution < 1.29 is 31.1 Å². The van der Waals surface area contributed by atoms with Gasteiger partial charge in [-0.2, -0.15) is 21.9 Å². The molecule has 1 heterocycles. The first-order valence-corrected chi connectivity index (χ1v) is 12.9. The normalized spacial score (nSPS) is 12.2. The van der Waals surface area contributed by atoms with Gasteiger partial charge in [-0.3, -0.25) is 9.35 Å². The van der Waals surface area contributed by atoms with E-state index in [1.165, 1.54) is 12.1 Å². The van der Waals surface area contributed by atoms with Gasteiger partial charge in [-0.15, -0.1) is 0 Å². The predicted molar refractivity (Wildman–Crippen MR) is 136 cm³/mol. The van der Waals surface area contributed by atoms with Gasteiger partial charge in [0.15, 0.2) is 5.82 Å². The lowest BCUT2D eigenvalue weighted by Gasteiger charge is -2.22. The smallest absolute Gasteiger partial charge is 0.352 e. The lowest BCUT2D eigenvalue weighted by molar-refractivity contribution is -0.137. The third kappa shape index (κ3) is 6.60. The Morgan fingerprint density at radius 3 is 2.37 bits per heavy atom. The van der Waals surface area contributed by atoms with Gasteiger partial charge in [-0.1, -0.05) is 42.5 Å². The summed E-state index contributed by atoms with van der Waals surface area (Å²) in [6.07, 6.45) is -4.25. The van der Waals surface area contributed by atoms with E-state index in [1.807, 2.05) is 6.07 Å². The Hall–Kier alpha value is -3.68. The van der Waals surface area contributed by atoms with Crippen LogP contribution in [0.4, 0.5) is 29.1 Å². The number of hydrogen-bond acceptors (Lipinski definition) is 5. The molecular weight excluding hydrogens is 544 g/mol. The Morgan fingerprint density at radius 2 is 1.71 bits per heavy atom. The van der Waals surface area contributed by atoms with Gasteiger partial charge in [0.2, 0.25) is 0 Å². The molecule has 0 saturated heterocycles. The Bertz CT molecular complexity index is 1430. The summed E-state index contributed by atoms with van der Waals surface area (Å²) in [6, 6.07) is 16.9. The van der Waals surface area contributed by atoms with Crippen LogP contribution in [0.2, 0.25) is 0 Å². The molecule has 0 fully saturated rings. The number of halogens is 4. The van der Waals surface area contributed by atoms with E-state index < -0.39 is 40.4 Å². The predicted octanol–water partition coefficient (Wildman–Crippen LogP) is 5.53. The SMILES string of the molecule is O=C(NCCc1ccc(F)cc1)c1ccc(C(F)(F)F)cc1N(c1nsnc1Cc1ccccc1)S(=O)O. The minimum Gasteiger partial charge on any atom is -0.352 e. The first-order chi connectivity index (χ1) is 18.1. The summed E-state index contributed by atoms with van der Waals surface area (Å²) in [4.78, 5) is 13.1. The van der Waals surface area contributed by atoms with Crippen LogP contribution >= 0.6 is 11.7 Å². The molecule has 1 atom stereocenters. The molecule has 0 aliphatic carbocycles. The average Bonchev–Trinajstić information content (AvgIpc) is 3.32. The van der Waals surface area contributed by atoms with Crippen LogP contribution in [-0.4, -0.2) is 30.0 Å². The van der Waals surface area contributed by atoms with E-state index in [1.54, 1.807) is 36.4 Å². The molecule has 0 saturated carbocycles. The number of aromatic nitrogens is 2. The summed E-state index contributed by atoms with van der Waals surface area (Å²) >= 11 is -2.17. The van der Waals surface area contributed by atoms with Crippen LogP contribution in [0, 0.1) is 5.82 Å². The van der Waals surface area contributed by atoms with Crippen molar-refractivity contribution >= 4 is 40.4 Å². The molecule has 0 bridgehead atoms. The lowest BCUT2D eigenvalue weighted by atomic mass is 10.1. The number of benzene rings is 3. The fraction of sp³-hybridized carbons (Fsp3) is 0.160. The van der Waals surface area contributed by atoms with E-state index in [9.17, 15) is 31.1 Å². The quantitative estimate of drug-likeness (QED) is 0.206. The third-order valence-electron chi connectivity index (χ3n) is 5.50. The summed E-state index contributed by atoms with van der Waals surface area (Å²) < 4.78 is 85.4. The van der Waals surface area contributed by atoms with Crippen molar-refractivity contribution in [1.29, 1.82) is 0 Å². The second-order valence-corrected chi connectivity index (χ2v) is 9.44. The summed E-state index contributed by atoms with van der Waals surface area (Å²) in [7, 11) is 0. The maximum Gasteiger partial charge on any atom is 0.416 e. The Labute approximate surface area is 221 Å². The van der Waals surface area contributed by atoms with Gasteiger partial charge in [0.25, 0.3) is 17.2 Å². The Balaban J connectivity index is 1.68. The molecule has 0 aliphatic heterocycles. The highest BCUT2D eigenvalue weighted by Crippen LogP contribution is 2.37. The third-order valence-corrected chi connectivity index (χ3v) is 6.74. The molecule has 198 valence electrons. The topological polar surface area (TPSA) is 95.4 Å². The summed E-state index contributed by atoms with van der Waals surface area (Å²) in [5, 5.41) is 2.60. The highest BCUT2D eigenvalue weighted by atomic mass is 32.2. The standard InChI is InChI=1S/C25H20F4N4O3S2/c26-19-9-6-16(7-10-19)12-13-30-24(34)20-11-8-18(25(27,28)29)15-22(20)33(38(35)36)23-21(31-37-32-23)14-17-4-2-1-3-5-17/h1-11,15H,12-14H2,(H,30,34)(H,35,36). The molecule has 13 heteroatoms. The van der Waals surface area contributed by atoms with Crippen LogP contribution in [0.1, 0.15) is 32.7 Å². The van der Waals surface area contributed by atoms with E-state index in [2.05, 4.69) is 14.1 Å². The molecular formula is C25H20F4N4O3S2. The van der Waals surface area contributed by atoms with Crippen LogP contribution in [-0.2, 0) is 30.3 Å². The van der Waals surface area contributed by atoms with Crippen molar-refractivity contribution in [3.05, 3.63) is 107 Å². The van der Waals surface area contributed by atoms with Crippen LogP contribution in [0.15, 0.2) is 72.8 Å². The molecule has 0 radical (unpaired) electrons. The van der Waals surface area contributed by atoms with Crippen molar-refractivity contribution in [1.82, 2.24) is 14.1 Å². The highest BCUT2D eigenvalue weighted by molar-refractivity contribution is 7.81. The number of nitrogens with one attached hydrogen (secondary N) is 1. The molecule has 4 aromatic rings. The first kappa shape index (κ1) is 27.4. The van der Waals surface area contributed by atoms with Gasteiger partial charge in [-0.05, 0) is 47.9 Å². The maximum absolute atomic E-state index is 13.6. The number of nitrogens with zero attached hydrogens (tertiary/aromatic N) is 3. The molecule has 38 heavy (non-hydrogen) atoms. The Kier molecular flexibility index (Phi) is 8.49. The molecule has 3 aromatic carbocycles. The van der Waals surface area contributed by atoms with Crippen molar-refractivity contribution in [3.8, 4) is 0 Å². The molecule has 1 amide bonds. The largest absolute Gasteiger partial charge is 0.416 e. The van der Waals surface area contributed by atoms with Crippen LogP contribution in [0.5, 0.6) is 0 Å². The monoisotopic (exact) mass is 564 g/mol. The van der Waals surface area contributed by atoms with Crippen molar-refractivity contribution in [2.24, 2.45) is 0 Å². The molecule has 0 spiro atoms. The second kappa shape index (κ2) is 11.8. The molecule has 1 aromatic heterocycles. The Morgan fingerprint density at radius 1 is 1.00 bits per heavy atom. The minimum atomic E-state index is -4.78. The van der Waals surface area contributed by atoms with Gasteiger partial charge >= 0.3 is 6.18 Å². The van der Waals surface area contributed by atoms with E-state index in [0.717, 1.165) is 35.0 Å². The molecule has 7 nitrogen and oxygen atoms in total. The number of anilines is 2.